The van der Waals surface area contributed by atoms with E-state index in [0.29, 0.717) is 63.0 Å². The Kier molecular flexibility index (Phi) is 16.8. The van der Waals surface area contributed by atoms with Crippen LogP contribution in [0.2, 0.25) is 0 Å². The standard InChI is InChI=1S/2C23H26N3O4S.Pd/c2*1-16-13-19(7-8-21(16)20-6-4-5-17(14-20)15-24)18-9-11-26(12-10-18)31(29,30)23(2,3)22(27)25-28;/h2*4-8,13-14,18H,9-12H2,1-3H3,(H-,25,27,28);/q2*-1;+2. The van der Waals surface area contributed by atoms with Crippen molar-refractivity contribution in [3.63, 3.8) is 0 Å². The number of nitrogens with one attached hydrogen (secondary N) is 2. The van der Waals surface area contributed by atoms with Crippen LogP contribution in [0.25, 0.3) is 22.3 Å². The summed E-state index contributed by atoms with van der Waals surface area (Å²) in [5.41, 5.74) is 12.2. The van der Waals surface area contributed by atoms with E-state index in [1.807, 2.05) is 62.4 Å². The average Bonchev–Trinajstić information content (AvgIpc) is 3.28. The molecule has 336 valence electrons. The quantitative estimate of drug-likeness (QED) is 0.124. The number of nitrogens with zero attached hydrogens (tertiary/aromatic N) is 4. The van der Waals surface area contributed by atoms with Gasteiger partial charge in [-0.25, -0.2) is 25.4 Å². The van der Waals surface area contributed by atoms with Crippen LogP contribution < -0.4 is 11.0 Å². The number of hydrogen-bond donors (Lipinski definition) is 2. The molecule has 0 unspecified atom stereocenters. The van der Waals surface area contributed by atoms with E-state index in [1.165, 1.54) is 47.3 Å². The number of sulfonamides is 2. The van der Waals surface area contributed by atoms with Gasteiger partial charge in [0, 0.05) is 26.2 Å². The zero-order valence-electron chi connectivity index (χ0n) is 36.1. The molecule has 14 nitrogen and oxygen atoms in total. The maximum Gasteiger partial charge on any atom is 2.00 e. The Morgan fingerprint density at radius 1 is 0.603 bits per heavy atom. The number of nitriles is 2. The number of benzene rings is 4. The largest absolute Gasteiger partial charge is 2.00 e. The molecule has 63 heavy (non-hydrogen) atoms. The van der Waals surface area contributed by atoms with Crippen molar-refractivity contribution in [3.05, 3.63) is 129 Å². The summed E-state index contributed by atoms with van der Waals surface area (Å²) in [6.07, 6.45) is 2.54. The van der Waals surface area contributed by atoms with Gasteiger partial charge in [-0.1, -0.05) is 60.7 Å². The SMILES string of the molecule is Cc1cc(C2CCN(S(=O)(=O)C(C)(C)C(=O)N[O-])CC2)ccc1-c1cccc(C#N)c1.Cc1cc(C2CCN(S(=O)(=O)C(C)(C)C(=O)N[O-])CC2)ccc1-c1cccc(C#N)c1.[Pd+2]. The number of rotatable bonds is 10. The second-order valence-electron chi connectivity index (χ2n) is 16.8. The minimum absolute atomic E-state index is 0. The molecule has 0 saturated carbocycles. The Hall–Kier alpha value is -4.80. The first-order valence-electron chi connectivity index (χ1n) is 20.3. The Morgan fingerprint density at radius 3 is 1.22 bits per heavy atom. The first-order chi connectivity index (χ1) is 29.2. The summed E-state index contributed by atoms with van der Waals surface area (Å²) in [6, 6.07) is 31.8. The van der Waals surface area contributed by atoms with Gasteiger partial charge in [0.1, 0.15) is 0 Å². The summed E-state index contributed by atoms with van der Waals surface area (Å²) >= 11 is 0. The smallest absolute Gasteiger partial charge is 0.759 e. The van der Waals surface area contributed by atoms with Crippen LogP contribution in [-0.4, -0.2) is 72.9 Å². The molecule has 2 amide bonds. The van der Waals surface area contributed by atoms with Crippen LogP contribution in [-0.2, 0) is 50.1 Å². The molecular formula is C46H52N6O8PdS2. The van der Waals surface area contributed by atoms with Crippen LogP contribution >= 0.6 is 0 Å². The molecule has 2 saturated heterocycles. The van der Waals surface area contributed by atoms with E-state index in [9.17, 15) is 36.8 Å². The Morgan fingerprint density at radius 2 is 0.937 bits per heavy atom. The molecule has 0 spiro atoms. The molecular weight excluding hydrogens is 935 g/mol. The van der Waals surface area contributed by atoms with E-state index in [-0.39, 0.29) is 32.3 Å². The van der Waals surface area contributed by atoms with Gasteiger partial charge < -0.3 is 21.4 Å². The van der Waals surface area contributed by atoms with Crippen molar-refractivity contribution >= 4 is 31.9 Å². The van der Waals surface area contributed by atoms with E-state index in [4.69, 9.17) is 10.5 Å². The monoisotopic (exact) mass is 986 g/mol. The second kappa shape index (κ2) is 20.8. The number of carbonyl (C=O) groups is 2. The van der Waals surface area contributed by atoms with Crippen molar-refractivity contribution < 1.29 is 46.8 Å². The summed E-state index contributed by atoms with van der Waals surface area (Å²) < 4.78 is 50.5. The number of amides is 2. The number of piperidine rings is 2. The third kappa shape index (κ3) is 10.8. The van der Waals surface area contributed by atoms with Crippen LogP contribution in [0.4, 0.5) is 0 Å². The number of aryl methyl sites for hydroxylation is 2. The van der Waals surface area contributed by atoms with Crippen molar-refractivity contribution in [3.8, 4) is 34.4 Å². The maximum absolute atomic E-state index is 12.9. The minimum atomic E-state index is -3.94. The molecule has 4 aromatic carbocycles. The molecule has 2 fully saturated rings. The Balaban J connectivity index is 0.000000272. The third-order valence-electron chi connectivity index (χ3n) is 12.2. The topological polar surface area (TPSA) is 227 Å². The van der Waals surface area contributed by atoms with E-state index in [2.05, 4.69) is 36.4 Å². The van der Waals surface area contributed by atoms with Crippen LogP contribution in [0.1, 0.15) is 98.6 Å². The molecule has 2 aliphatic heterocycles. The number of hydrogen-bond acceptors (Lipinski definition) is 10. The maximum atomic E-state index is 12.9. The van der Waals surface area contributed by atoms with E-state index in [1.54, 1.807) is 12.1 Å². The fourth-order valence-electron chi connectivity index (χ4n) is 8.03. The molecule has 0 aliphatic carbocycles. The van der Waals surface area contributed by atoms with Crippen LogP contribution in [0.3, 0.4) is 0 Å². The van der Waals surface area contributed by atoms with Gasteiger partial charge in [0.15, 0.2) is 9.49 Å². The van der Waals surface area contributed by atoms with Crippen molar-refractivity contribution in [2.45, 2.75) is 88.6 Å². The molecule has 2 heterocycles. The number of hydroxylamine groups is 2. The van der Waals surface area contributed by atoms with Gasteiger partial charge in [0.25, 0.3) is 0 Å². The first kappa shape index (κ1) is 50.8. The van der Waals surface area contributed by atoms with Gasteiger partial charge in [-0.15, -0.1) is 0 Å². The van der Waals surface area contributed by atoms with Gasteiger partial charge in [0.05, 0.1) is 23.3 Å². The third-order valence-corrected chi connectivity index (χ3v) is 17.2. The molecule has 0 atom stereocenters. The van der Waals surface area contributed by atoms with Gasteiger partial charge in [-0.2, -0.15) is 10.5 Å². The van der Waals surface area contributed by atoms with E-state index >= 15 is 0 Å². The summed E-state index contributed by atoms with van der Waals surface area (Å²) in [4.78, 5) is 23.6. The molecule has 0 radical (unpaired) electrons. The average molecular weight is 988 g/mol. The summed E-state index contributed by atoms with van der Waals surface area (Å²) in [6.45, 7) is 10.3. The first-order valence-corrected chi connectivity index (χ1v) is 23.2. The molecule has 17 heteroatoms. The van der Waals surface area contributed by atoms with Gasteiger partial charge >= 0.3 is 20.4 Å². The van der Waals surface area contributed by atoms with Gasteiger partial charge in [-0.3, -0.25) is 9.59 Å². The summed E-state index contributed by atoms with van der Waals surface area (Å²) in [5.74, 6) is -1.69. The predicted molar refractivity (Wildman–Crippen MR) is 239 cm³/mol. The zero-order valence-corrected chi connectivity index (χ0v) is 39.3. The summed E-state index contributed by atoms with van der Waals surface area (Å²) in [7, 11) is -7.88. The molecule has 2 N–H and O–H groups in total. The Bertz CT molecular complexity index is 2440. The summed E-state index contributed by atoms with van der Waals surface area (Å²) in [5, 5.41) is 39.7. The van der Waals surface area contributed by atoms with Crippen molar-refractivity contribution in [2.24, 2.45) is 0 Å². The van der Waals surface area contributed by atoms with Crippen molar-refractivity contribution in [2.75, 3.05) is 26.2 Å². The van der Waals surface area contributed by atoms with Crippen LogP contribution in [0.5, 0.6) is 0 Å². The van der Waals surface area contributed by atoms with E-state index < -0.39 is 41.4 Å². The molecule has 0 bridgehead atoms. The second-order valence-corrected chi connectivity index (χ2v) is 21.7. The molecule has 6 rings (SSSR count). The fraction of sp³-hybridized carbons (Fsp3) is 0.391. The van der Waals surface area contributed by atoms with Crippen molar-refractivity contribution in [1.82, 2.24) is 19.6 Å². The molecule has 2 aliphatic rings. The molecule has 0 aromatic heterocycles. The van der Waals surface area contributed by atoms with Gasteiger partial charge in [0.2, 0.25) is 31.9 Å². The van der Waals surface area contributed by atoms with E-state index in [0.717, 1.165) is 44.5 Å². The predicted octanol–water partition coefficient (Wildman–Crippen LogP) is 6.87. The molecule has 4 aromatic rings. The zero-order chi connectivity index (χ0) is 45.6. The van der Waals surface area contributed by atoms with Crippen molar-refractivity contribution in [1.29, 1.82) is 10.5 Å². The fourth-order valence-corrected chi connectivity index (χ4v) is 11.3. The minimum Gasteiger partial charge on any atom is -0.759 e. The van der Waals surface area contributed by atoms with Crippen LogP contribution in [0, 0.1) is 46.9 Å². The number of carbonyl (C=O) groups excluding carboxylic acids is 2. The Labute approximate surface area is 384 Å². The van der Waals surface area contributed by atoms with Crippen LogP contribution in [0.15, 0.2) is 84.9 Å². The normalized spacial score (nSPS) is 15.7. The van der Waals surface area contributed by atoms with Gasteiger partial charge in [-0.05, 0) is 148 Å².